The van der Waals surface area contributed by atoms with Crippen molar-refractivity contribution in [1.82, 2.24) is 5.32 Å². The zero-order valence-electron chi connectivity index (χ0n) is 12.2. The minimum absolute atomic E-state index is 0.0543. The van der Waals surface area contributed by atoms with E-state index in [1.807, 2.05) is 30.3 Å². The third-order valence-corrected chi connectivity index (χ3v) is 3.73. The molecule has 2 heterocycles. The molecule has 0 spiro atoms. The van der Waals surface area contributed by atoms with Gasteiger partial charge in [0.1, 0.15) is 5.76 Å². The summed E-state index contributed by atoms with van der Waals surface area (Å²) >= 11 is 0. The van der Waals surface area contributed by atoms with Crippen LogP contribution < -0.4 is 10.2 Å². The Morgan fingerprint density at radius 1 is 1.23 bits per heavy atom. The number of furan rings is 1. The maximum atomic E-state index is 11.9. The van der Waals surface area contributed by atoms with E-state index in [1.54, 1.807) is 17.2 Å². The van der Waals surface area contributed by atoms with Crippen LogP contribution in [0.4, 0.5) is 5.69 Å². The highest BCUT2D eigenvalue weighted by molar-refractivity contribution is 5.95. The second-order valence-corrected chi connectivity index (χ2v) is 5.35. The fourth-order valence-electron chi connectivity index (χ4n) is 2.56. The second kappa shape index (κ2) is 6.47. The molecule has 1 aromatic carbocycles. The van der Waals surface area contributed by atoms with Crippen LogP contribution in [0.1, 0.15) is 24.2 Å². The van der Waals surface area contributed by atoms with Gasteiger partial charge in [-0.1, -0.05) is 12.1 Å². The molecule has 0 saturated carbocycles. The molecule has 2 aromatic rings. The van der Waals surface area contributed by atoms with Crippen LogP contribution in [0, 0.1) is 0 Å². The molecule has 5 heteroatoms. The molecule has 0 bridgehead atoms. The maximum Gasteiger partial charge on any atom is 0.227 e. The number of anilines is 1. The maximum absolute atomic E-state index is 11.9. The highest BCUT2D eigenvalue weighted by Gasteiger charge is 2.21. The Balaban J connectivity index is 1.54. The Morgan fingerprint density at radius 3 is 2.68 bits per heavy atom. The van der Waals surface area contributed by atoms with Crippen molar-refractivity contribution in [2.45, 2.75) is 25.8 Å². The molecule has 1 fully saturated rings. The highest BCUT2D eigenvalue weighted by atomic mass is 16.3. The van der Waals surface area contributed by atoms with E-state index in [4.69, 9.17) is 4.42 Å². The number of carbonyl (C=O) groups excluding carboxylic acids is 2. The van der Waals surface area contributed by atoms with E-state index in [-0.39, 0.29) is 11.8 Å². The smallest absolute Gasteiger partial charge is 0.227 e. The summed E-state index contributed by atoms with van der Waals surface area (Å²) in [5.74, 6) is 0.849. The van der Waals surface area contributed by atoms with Crippen molar-refractivity contribution in [3.8, 4) is 0 Å². The summed E-state index contributed by atoms with van der Waals surface area (Å²) in [5, 5.41) is 2.81. The van der Waals surface area contributed by atoms with Crippen LogP contribution in [0.3, 0.4) is 0 Å². The molecule has 3 rings (SSSR count). The zero-order chi connectivity index (χ0) is 15.4. The fraction of sp³-hybridized carbons (Fsp3) is 0.294. The second-order valence-electron chi connectivity index (χ2n) is 5.35. The predicted octanol–water partition coefficient (Wildman–Crippen LogP) is 2.27. The summed E-state index contributed by atoms with van der Waals surface area (Å²) in [5.41, 5.74) is 1.83. The van der Waals surface area contributed by atoms with Gasteiger partial charge in [-0.2, -0.15) is 0 Å². The number of benzene rings is 1. The number of hydrogen-bond donors (Lipinski definition) is 1. The number of nitrogens with zero attached hydrogens (tertiary/aromatic N) is 1. The Labute approximate surface area is 128 Å². The molecule has 0 atom stereocenters. The molecule has 1 aliphatic heterocycles. The molecule has 0 radical (unpaired) electrons. The fourth-order valence-corrected chi connectivity index (χ4v) is 2.56. The number of carbonyl (C=O) groups is 2. The van der Waals surface area contributed by atoms with E-state index >= 15 is 0 Å². The van der Waals surface area contributed by atoms with Crippen LogP contribution in [0.25, 0.3) is 0 Å². The van der Waals surface area contributed by atoms with Crippen molar-refractivity contribution < 1.29 is 14.0 Å². The average Bonchev–Trinajstić information content (AvgIpc) is 3.17. The quantitative estimate of drug-likeness (QED) is 0.921. The Morgan fingerprint density at radius 2 is 2.05 bits per heavy atom. The van der Waals surface area contributed by atoms with E-state index in [9.17, 15) is 9.59 Å². The van der Waals surface area contributed by atoms with Crippen molar-refractivity contribution in [2.75, 3.05) is 11.4 Å². The van der Waals surface area contributed by atoms with E-state index in [0.29, 0.717) is 19.4 Å². The van der Waals surface area contributed by atoms with Gasteiger partial charge in [0.2, 0.25) is 11.8 Å². The summed E-state index contributed by atoms with van der Waals surface area (Å²) in [4.78, 5) is 25.4. The Kier molecular flexibility index (Phi) is 4.23. The van der Waals surface area contributed by atoms with Gasteiger partial charge < -0.3 is 14.6 Å². The molecule has 1 saturated heterocycles. The van der Waals surface area contributed by atoms with Crippen LogP contribution in [0.5, 0.6) is 0 Å². The summed E-state index contributed by atoms with van der Waals surface area (Å²) in [6, 6.07) is 11.2. The SMILES string of the molecule is O=C(Cc1ccc(N2CCCC2=O)cc1)NCc1ccco1. The summed E-state index contributed by atoms with van der Waals surface area (Å²) < 4.78 is 5.16. The lowest BCUT2D eigenvalue weighted by molar-refractivity contribution is -0.120. The number of rotatable bonds is 5. The molecule has 1 N–H and O–H groups in total. The van der Waals surface area contributed by atoms with E-state index < -0.39 is 0 Å². The van der Waals surface area contributed by atoms with Gasteiger partial charge in [-0.3, -0.25) is 9.59 Å². The Hall–Kier alpha value is -2.56. The molecule has 22 heavy (non-hydrogen) atoms. The molecule has 5 nitrogen and oxygen atoms in total. The summed E-state index contributed by atoms with van der Waals surface area (Å²) in [6.45, 7) is 1.17. The zero-order valence-corrected chi connectivity index (χ0v) is 12.2. The van der Waals surface area contributed by atoms with Gasteiger partial charge in [0.05, 0.1) is 19.2 Å². The average molecular weight is 298 g/mol. The lowest BCUT2D eigenvalue weighted by Crippen LogP contribution is -2.25. The van der Waals surface area contributed by atoms with Crippen LogP contribution in [0.15, 0.2) is 47.1 Å². The third-order valence-electron chi connectivity index (χ3n) is 3.73. The first-order valence-electron chi connectivity index (χ1n) is 7.41. The minimum Gasteiger partial charge on any atom is -0.467 e. The predicted molar refractivity (Wildman–Crippen MR) is 82.3 cm³/mol. The molecular formula is C17H18N2O3. The summed E-state index contributed by atoms with van der Waals surface area (Å²) in [6.07, 6.45) is 3.43. The molecule has 114 valence electrons. The van der Waals surface area contributed by atoms with Gasteiger partial charge in [-0.15, -0.1) is 0 Å². The first-order chi connectivity index (χ1) is 10.7. The first-order valence-corrected chi connectivity index (χ1v) is 7.41. The largest absolute Gasteiger partial charge is 0.467 e. The van der Waals surface area contributed by atoms with Crippen molar-refractivity contribution in [3.05, 3.63) is 54.0 Å². The first kappa shape index (κ1) is 14.4. The molecule has 0 aliphatic carbocycles. The summed E-state index contributed by atoms with van der Waals surface area (Å²) in [7, 11) is 0. The van der Waals surface area contributed by atoms with Crippen molar-refractivity contribution in [3.63, 3.8) is 0 Å². The van der Waals surface area contributed by atoms with Gasteiger partial charge in [-0.05, 0) is 36.2 Å². The van der Waals surface area contributed by atoms with Crippen LogP contribution in [-0.2, 0) is 22.6 Å². The standard InChI is InChI=1S/C17H18N2O3/c20-16(18-12-15-3-2-10-22-15)11-13-5-7-14(8-6-13)19-9-1-4-17(19)21/h2-3,5-8,10H,1,4,9,11-12H2,(H,18,20). The molecule has 2 amide bonds. The lowest BCUT2D eigenvalue weighted by Gasteiger charge is -2.15. The number of nitrogens with one attached hydrogen (secondary N) is 1. The highest BCUT2D eigenvalue weighted by Crippen LogP contribution is 2.21. The van der Waals surface area contributed by atoms with Crippen LogP contribution in [0.2, 0.25) is 0 Å². The molecule has 1 aromatic heterocycles. The minimum atomic E-state index is -0.0543. The monoisotopic (exact) mass is 298 g/mol. The number of amides is 2. The van der Waals surface area contributed by atoms with Gasteiger partial charge >= 0.3 is 0 Å². The Bertz CT molecular complexity index is 647. The topological polar surface area (TPSA) is 62.6 Å². The van der Waals surface area contributed by atoms with E-state index in [1.165, 1.54) is 0 Å². The molecule has 1 aliphatic rings. The van der Waals surface area contributed by atoms with Crippen molar-refractivity contribution in [1.29, 1.82) is 0 Å². The molecule has 0 unspecified atom stereocenters. The van der Waals surface area contributed by atoms with Crippen LogP contribution in [-0.4, -0.2) is 18.4 Å². The van der Waals surface area contributed by atoms with Gasteiger partial charge in [0, 0.05) is 18.7 Å². The van der Waals surface area contributed by atoms with Crippen molar-refractivity contribution in [2.24, 2.45) is 0 Å². The van der Waals surface area contributed by atoms with Crippen molar-refractivity contribution >= 4 is 17.5 Å². The van der Waals surface area contributed by atoms with Crippen LogP contribution >= 0.6 is 0 Å². The number of hydrogen-bond acceptors (Lipinski definition) is 3. The third kappa shape index (κ3) is 3.36. The lowest BCUT2D eigenvalue weighted by atomic mass is 10.1. The van der Waals surface area contributed by atoms with Gasteiger partial charge in [0.15, 0.2) is 0 Å². The normalized spacial score (nSPS) is 14.4. The molecular weight excluding hydrogens is 280 g/mol. The van der Waals surface area contributed by atoms with Gasteiger partial charge in [0.25, 0.3) is 0 Å². The van der Waals surface area contributed by atoms with Gasteiger partial charge in [-0.25, -0.2) is 0 Å². The van der Waals surface area contributed by atoms with E-state index in [2.05, 4.69) is 5.32 Å². The van der Waals surface area contributed by atoms with E-state index in [0.717, 1.165) is 30.0 Å².